The van der Waals surface area contributed by atoms with Crippen molar-refractivity contribution >= 4 is 29.3 Å². The van der Waals surface area contributed by atoms with Crippen LogP contribution in [0.1, 0.15) is 74.7 Å². The summed E-state index contributed by atoms with van der Waals surface area (Å²) in [7, 11) is 4.97. The minimum absolute atomic E-state index is 0.0303. The standard InChI is InChI=1S/C33H54FN3O10/c1-12-20-33(8)22(21(27(35)36)28(41)47-33)17(4)23(38)15(2)14-31(6,43-11)26(18(5)25(40)32(7,34)30(42)45-20)46-29-24(39)19(37(9)10)13-16(3)44-29/h15-22,24,26,29,39H,12-14H2,1-11H3,(H3,35,36)/t15-,16-,17-,18+,19+,20+,21-,22+,24-,26-,29?,31-,32+,33+/m1/s1. The van der Waals surface area contributed by atoms with Gasteiger partial charge in [0, 0.05) is 36.8 Å². The number of likely N-dealkylation sites (N-methyl/N-ethyl adjacent to an activating group) is 1. The predicted octanol–water partition coefficient (Wildman–Crippen LogP) is 2.19. The quantitative estimate of drug-likeness (QED) is 0.162. The molecule has 3 rings (SSSR count). The van der Waals surface area contributed by atoms with E-state index in [0.717, 1.165) is 6.92 Å². The van der Waals surface area contributed by atoms with Crippen LogP contribution in [0, 0.1) is 35.0 Å². The van der Waals surface area contributed by atoms with Gasteiger partial charge in [0.15, 0.2) is 17.7 Å². The molecule has 0 aliphatic carbocycles. The van der Waals surface area contributed by atoms with Crippen LogP contribution < -0.4 is 5.73 Å². The number of alkyl halides is 1. The Balaban J connectivity index is 2.20. The second kappa shape index (κ2) is 14.1. The van der Waals surface area contributed by atoms with Crippen LogP contribution in [-0.4, -0.2) is 114 Å². The predicted molar refractivity (Wildman–Crippen MR) is 168 cm³/mol. The molecular formula is C33H54FN3O10. The number of ketones is 2. The summed E-state index contributed by atoms with van der Waals surface area (Å²) in [6.07, 6.45) is -4.89. The highest BCUT2D eigenvalue weighted by atomic mass is 19.1. The van der Waals surface area contributed by atoms with Gasteiger partial charge >= 0.3 is 11.9 Å². The minimum Gasteiger partial charge on any atom is -0.455 e. The lowest BCUT2D eigenvalue weighted by molar-refractivity contribution is -0.295. The number of cyclic esters (lactones) is 1. The molecule has 3 fully saturated rings. The third kappa shape index (κ3) is 7.12. The van der Waals surface area contributed by atoms with Crippen molar-refractivity contribution in [3.63, 3.8) is 0 Å². The number of fused-ring (bicyclic) bond motifs is 1. The Morgan fingerprint density at radius 1 is 1.11 bits per heavy atom. The smallest absolute Gasteiger partial charge is 0.351 e. The fourth-order valence-corrected chi connectivity index (χ4v) is 7.96. The molecule has 0 amide bonds. The number of Topliss-reactive ketones (excluding diaryl/α,β-unsaturated/α-hetero) is 2. The summed E-state index contributed by atoms with van der Waals surface area (Å²) in [5, 5.41) is 19.4. The number of methoxy groups -OCH3 is 1. The number of aliphatic hydroxyl groups is 1. The molecule has 0 aromatic carbocycles. The zero-order valence-electron chi connectivity index (χ0n) is 29.5. The van der Waals surface area contributed by atoms with E-state index in [1.807, 2.05) is 11.8 Å². The molecule has 0 saturated carbocycles. The molecule has 3 aliphatic rings. The molecule has 14 heteroatoms. The van der Waals surface area contributed by atoms with Gasteiger partial charge in [-0.3, -0.25) is 19.8 Å². The maximum Gasteiger partial charge on any atom is 0.351 e. The Bertz CT molecular complexity index is 1230. The number of nitrogens with two attached hydrogens (primary N) is 1. The average molecular weight is 672 g/mol. The van der Waals surface area contributed by atoms with E-state index in [-0.39, 0.29) is 30.8 Å². The molecule has 47 heavy (non-hydrogen) atoms. The summed E-state index contributed by atoms with van der Waals surface area (Å²) in [5.74, 6) is -9.89. The largest absolute Gasteiger partial charge is 0.455 e. The Hall–Kier alpha value is -2.52. The highest BCUT2D eigenvalue weighted by Gasteiger charge is 2.63. The van der Waals surface area contributed by atoms with Gasteiger partial charge in [0.05, 0.1) is 17.8 Å². The van der Waals surface area contributed by atoms with Gasteiger partial charge in [0.25, 0.3) is 5.67 Å². The van der Waals surface area contributed by atoms with Crippen molar-refractivity contribution in [2.24, 2.45) is 35.3 Å². The van der Waals surface area contributed by atoms with Gasteiger partial charge in [0.2, 0.25) is 0 Å². The van der Waals surface area contributed by atoms with Crippen LogP contribution in [-0.2, 0) is 42.9 Å². The monoisotopic (exact) mass is 671 g/mol. The third-order valence-corrected chi connectivity index (χ3v) is 10.7. The van der Waals surface area contributed by atoms with Gasteiger partial charge < -0.3 is 39.4 Å². The van der Waals surface area contributed by atoms with Crippen LogP contribution in [0.25, 0.3) is 0 Å². The van der Waals surface area contributed by atoms with Crippen molar-refractivity contribution in [2.45, 2.75) is 128 Å². The van der Waals surface area contributed by atoms with Crippen molar-refractivity contribution in [3.05, 3.63) is 0 Å². The lowest BCUT2D eigenvalue weighted by atomic mass is 9.67. The number of nitrogens with one attached hydrogen (secondary N) is 1. The number of ether oxygens (including phenoxy) is 5. The number of carbonyl (C=O) groups excluding carboxylic acids is 4. The highest BCUT2D eigenvalue weighted by molar-refractivity contribution is 6.08. The van der Waals surface area contributed by atoms with Crippen LogP contribution in [0.15, 0.2) is 0 Å². The molecule has 13 nitrogen and oxygen atoms in total. The molecule has 0 radical (unpaired) electrons. The second-order valence-corrected chi connectivity index (χ2v) is 14.5. The molecule has 0 bridgehead atoms. The van der Waals surface area contributed by atoms with Gasteiger partial charge in [-0.15, -0.1) is 0 Å². The summed E-state index contributed by atoms with van der Waals surface area (Å²) < 4.78 is 46.3. The van der Waals surface area contributed by atoms with Gasteiger partial charge in [0.1, 0.15) is 29.7 Å². The summed E-state index contributed by atoms with van der Waals surface area (Å²) in [4.78, 5) is 56.7. The lowest BCUT2D eigenvalue weighted by Crippen LogP contribution is -2.61. The molecule has 268 valence electrons. The van der Waals surface area contributed by atoms with E-state index in [2.05, 4.69) is 0 Å². The van der Waals surface area contributed by atoms with Crippen LogP contribution in [0.4, 0.5) is 4.39 Å². The van der Waals surface area contributed by atoms with Gasteiger partial charge in [-0.25, -0.2) is 9.18 Å². The zero-order valence-corrected chi connectivity index (χ0v) is 29.5. The Labute approximate surface area is 276 Å². The van der Waals surface area contributed by atoms with E-state index < -0.39 is 94.6 Å². The Kier molecular flexibility index (Phi) is 11.7. The number of hydrogen-bond acceptors (Lipinski definition) is 12. The maximum absolute atomic E-state index is 16.5. The van der Waals surface area contributed by atoms with E-state index in [0.29, 0.717) is 6.42 Å². The first kappa shape index (κ1) is 38.9. The van der Waals surface area contributed by atoms with Crippen LogP contribution >= 0.6 is 0 Å². The second-order valence-electron chi connectivity index (χ2n) is 14.5. The first-order valence-corrected chi connectivity index (χ1v) is 16.3. The summed E-state index contributed by atoms with van der Waals surface area (Å²) in [5.41, 5.74) is -0.482. The van der Waals surface area contributed by atoms with Crippen LogP contribution in [0.5, 0.6) is 0 Å². The van der Waals surface area contributed by atoms with Crippen LogP contribution in [0.2, 0.25) is 0 Å². The molecule has 0 aromatic heterocycles. The fourth-order valence-electron chi connectivity index (χ4n) is 7.96. The zero-order chi connectivity index (χ0) is 36.0. The van der Waals surface area contributed by atoms with Crippen molar-refractivity contribution in [2.75, 3.05) is 21.2 Å². The topological polar surface area (TPSA) is 188 Å². The average Bonchev–Trinajstić information content (AvgIpc) is 3.27. The number of rotatable bonds is 6. The van der Waals surface area contributed by atoms with E-state index in [1.165, 1.54) is 21.0 Å². The first-order valence-electron chi connectivity index (χ1n) is 16.3. The Morgan fingerprint density at radius 2 is 1.70 bits per heavy atom. The minimum atomic E-state index is -3.19. The summed E-state index contributed by atoms with van der Waals surface area (Å²) >= 11 is 0. The van der Waals surface area contributed by atoms with E-state index in [4.69, 9.17) is 34.8 Å². The molecule has 1 unspecified atom stereocenters. The van der Waals surface area contributed by atoms with Crippen molar-refractivity contribution in [1.29, 1.82) is 5.41 Å². The molecular weight excluding hydrogens is 617 g/mol. The highest BCUT2D eigenvalue weighted by Crippen LogP contribution is 2.48. The molecule has 0 spiro atoms. The van der Waals surface area contributed by atoms with E-state index in [1.54, 1.807) is 41.8 Å². The Morgan fingerprint density at radius 3 is 2.21 bits per heavy atom. The van der Waals surface area contributed by atoms with E-state index in [9.17, 15) is 24.3 Å². The number of hydrogen-bond donors (Lipinski definition) is 3. The van der Waals surface area contributed by atoms with E-state index >= 15 is 4.39 Å². The molecule has 3 aliphatic heterocycles. The summed E-state index contributed by atoms with van der Waals surface area (Å²) in [6, 6.07) is -0.365. The van der Waals surface area contributed by atoms with Gasteiger partial charge in [-0.05, 0) is 61.1 Å². The summed E-state index contributed by atoms with van der Waals surface area (Å²) in [6.45, 7) is 12.0. The number of nitrogens with zero attached hydrogens (tertiary/aromatic N) is 1. The van der Waals surface area contributed by atoms with Crippen molar-refractivity contribution in [1.82, 2.24) is 4.90 Å². The number of halogens is 1. The number of carbonyl (C=O) groups is 4. The molecule has 0 aromatic rings. The number of amidine groups is 1. The third-order valence-electron chi connectivity index (χ3n) is 10.7. The first-order chi connectivity index (χ1) is 21.6. The van der Waals surface area contributed by atoms with Gasteiger partial charge in [-0.2, -0.15) is 0 Å². The van der Waals surface area contributed by atoms with Gasteiger partial charge in [-0.1, -0.05) is 27.7 Å². The SMILES string of the molecule is CC[C@@H]1OC(=O)[C@@](C)(F)C(=O)[C@H](C)[C@@H](OC2O[C@H](C)C[C@H](N(C)C)[C@H]2O)[C@](C)(OC)C[C@@H](C)C(=O)[C@H](C)[C@H]2[C@H](C(=N)N)C(=O)O[C@]21C. The van der Waals surface area contributed by atoms with Crippen molar-refractivity contribution in [3.8, 4) is 0 Å². The molecule has 3 heterocycles. The molecule has 4 N–H and O–H groups in total. The normalized spacial score (nSPS) is 45.6. The number of esters is 2. The molecule has 3 saturated heterocycles. The van der Waals surface area contributed by atoms with Crippen LogP contribution in [0.3, 0.4) is 0 Å². The van der Waals surface area contributed by atoms with Crippen molar-refractivity contribution < 1.29 is 52.4 Å². The fraction of sp³-hybridized carbons (Fsp3) is 0.848. The lowest BCUT2D eigenvalue weighted by Gasteiger charge is -2.47. The molecule has 14 atom stereocenters. The maximum atomic E-state index is 16.5. The number of aliphatic hydroxyl groups excluding tert-OH is 1.